The van der Waals surface area contributed by atoms with Gasteiger partial charge in [-0.2, -0.15) is 0 Å². The monoisotopic (exact) mass is 346 g/mol. The highest BCUT2D eigenvalue weighted by molar-refractivity contribution is 6.34. The molecular weight excluding hydrogens is 332 g/mol. The number of anilines is 3. The Labute approximate surface area is 142 Å². The summed E-state index contributed by atoms with van der Waals surface area (Å²) in [6.45, 7) is 0. The zero-order valence-corrected chi connectivity index (χ0v) is 13.4. The first-order valence-corrected chi connectivity index (χ1v) is 8.01. The number of hydrogen-bond donors (Lipinski definition) is 3. The number of carbonyl (C=O) groups is 1. The maximum absolute atomic E-state index is 13.0. The second kappa shape index (κ2) is 5.20. The Bertz CT molecular complexity index is 903. The molecule has 2 aliphatic rings. The van der Waals surface area contributed by atoms with Crippen molar-refractivity contribution < 1.29 is 4.79 Å². The fourth-order valence-corrected chi connectivity index (χ4v) is 3.79. The number of halogens is 1. The Morgan fingerprint density at radius 2 is 2.00 bits per heavy atom. The average Bonchev–Trinajstić information content (AvgIpc) is 3.10. The SMILES string of the molecule is Nc1cc(Nc2cc(Cl)c3n(c2=O)C2(CCCC2)NC3=O)ncn1. The smallest absolute Gasteiger partial charge is 0.276 e. The van der Waals surface area contributed by atoms with Crippen LogP contribution in [-0.4, -0.2) is 20.4 Å². The topological polar surface area (TPSA) is 115 Å². The maximum atomic E-state index is 13.0. The standard InChI is InChI=1S/C15H15ClN6O2/c16-8-5-9(20-11-6-10(17)18-7-19-11)14(24)22-12(8)13(23)21-15(22)3-1-2-4-15/h5-7H,1-4H2,(H,21,23)(H3,17,18,19,20). The van der Waals surface area contributed by atoms with Crippen LogP contribution < -0.4 is 21.9 Å². The minimum Gasteiger partial charge on any atom is -0.384 e. The van der Waals surface area contributed by atoms with E-state index in [1.54, 1.807) is 0 Å². The lowest BCUT2D eigenvalue weighted by molar-refractivity contribution is 0.0920. The van der Waals surface area contributed by atoms with Gasteiger partial charge in [-0.1, -0.05) is 11.6 Å². The second-order valence-corrected chi connectivity index (χ2v) is 6.45. The molecule has 1 amide bonds. The molecule has 2 aromatic rings. The Morgan fingerprint density at radius 3 is 2.71 bits per heavy atom. The number of fused-ring (bicyclic) bond motifs is 2. The summed E-state index contributed by atoms with van der Waals surface area (Å²) in [4.78, 5) is 33.1. The Hall–Kier alpha value is -2.61. The second-order valence-electron chi connectivity index (χ2n) is 6.04. The number of carbonyl (C=O) groups excluding carboxylic acids is 1. The van der Waals surface area contributed by atoms with Crippen LogP contribution in [0.1, 0.15) is 36.2 Å². The van der Waals surface area contributed by atoms with Gasteiger partial charge in [-0.25, -0.2) is 9.97 Å². The van der Waals surface area contributed by atoms with Crippen LogP contribution in [0.15, 0.2) is 23.3 Å². The lowest BCUT2D eigenvalue weighted by Crippen LogP contribution is -2.45. The zero-order chi connectivity index (χ0) is 16.9. The van der Waals surface area contributed by atoms with Crippen LogP contribution in [0.5, 0.6) is 0 Å². The molecule has 9 heteroatoms. The predicted octanol–water partition coefficient (Wildman–Crippen LogP) is 1.59. The summed E-state index contributed by atoms with van der Waals surface area (Å²) in [7, 11) is 0. The summed E-state index contributed by atoms with van der Waals surface area (Å²) in [5.74, 6) is 0.356. The number of nitrogen functional groups attached to an aromatic ring is 1. The molecule has 0 radical (unpaired) electrons. The normalized spacial score (nSPS) is 17.8. The number of hydrogen-bond acceptors (Lipinski definition) is 6. The number of aromatic nitrogens is 3. The van der Waals surface area contributed by atoms with Crippen molar-refractivity contribution in [2.24, 2.45) is 0 Å². The highest BCUT2D eigenvalue weighted by atomic mass is 35.5. The van der Waals surface area contributed by atoms with Gasteiger partial charge in [0.1, 0.15) is 35.0 Å². The summed E-state index contributed by atoms with van der Waals surface area (Å²) in [6.07, 6.45) is 4.62. The molecule has 1 aliphatic carbocycles. The molecule has 4 rings (SSSR count). The number of amides is 1. The summed E-state index contributed by atoms with van der Waals surface area (Å²) in [5.41, 5.74) is 5.10. The minimum absolute atomic E-state index is 0.219. The molecule has 3 heterocycles. The summed E-state index contributed by atoms with van der Waals surface area (Å²) < 4.78 is 1.50. The minimum atomic E-state index is -0.671. The third-order valence-corrected chi connectivity index (χ3v) is 4.81. The van der Waals surface area contributed by atoms with E-state index in [-0.39, 0.29) is 33.7 Å². The molecule has 1 saturated carbocycles. The van der Waals surface area contributed by atoms with Gasteiger partial charge in [0.15, 0.2) is 0 Å². The van der Waals surface area contributed by atoms with Gasteiger partial charge in [-0.15, -0.1) is 0 Å². The number of rotatable bonds is 2. The van der Waals surface area contributed by atoms with Crippen LogP contribution in [0.25, 0.3) is 0 Å². The van der Waals surface area contributed by atoms with Crippen molar-refractivity contribution in [1.29, 1.82) is 0 Å². The molecule has 24 heavy (non-hydrogen) atoms. The molecule has 0 unspecified atom stereocenters. The van der Waals surface area contributed by atoms with E-state index in [1.807, 2.05) is 0 Å². The fourth-order valence-electron chi connectivity index (χ4n) is 3.51. The first-order chi connectivity index (χ1) is 11.5. The van der Waals surface area contributed by atoms with Gasteiger partial charge in [0, 0.05) is 6.07 Å². The van der Waals surface area contributed by atoms with Crippen LogP contribution >= 0.6 is 11.6 Å². The lowest BCUT2D eigenvalue weighted by Gasteiger charge is -2.26. The van der Waals surface area contributed by atoms with E-state index in [9.17, 15) is 9.59 Å². The quantitative estimate of drug-likeness (QED) is 0.760. The molecule has 0 atom stereocenters. The average molecular weight is 347 g/mol. The third-order valence-electron chi connectivity index (χ3n) is 4.53. The first kappa shape index (κ1) is 14.9. The van der Waals surface area contributed by atoms with Gasteiger partial charge >= 0.3 is 0 Å². The Morgan fingerprint density at radius 1 is 1.25 bits per heavy atom. The summed E-state index contributed by atoms with van der Waals surface area (Å²) in [5, 5.41) is 6.08. The Balaban J connectivity index is 1.85. The molecule has 1 aliphatic heterocycles. The molecule has 0 aromatic carbocycles. The van der Waals surface area contributed by atoms with E-state index in [0.717, 1.165) is 12.8 Å². The van der Waals surface area contributed by atoms with Crippen molar-refractivity contribution >= 4 is 34.8 Å². The van der Waals surface area contributed by atoms with Gasteiger partial charge in [0.2, 0.25) is 0 Å². The van der Waals surface area contributed by atoms with Crippen molar-refractivity contribution in [2.45, 2.75) is 31.3 Å². The highest BCUT2D eigenvalue weighted by Gasteiger charge is 2.46. The number of nitrogens with zero attached hydrogens (tertiary/aromatic N) is 3. The van der Waals surface area contributed by atoms with Gasteiger partial charge in [0.05, 0.1) is 5.02 Å². The van der Waals surface area contributed by atoms with Crippen LogP contribution in [0, 0.1) is 0 Å². The molecule has 124 valence electrons. The van der Waals surface area contributed by atoms with Crippen molar-refractivity contribution in [3.63, 3.8) is 0 Å². The van der Waals surface area contributed by atoms with E-state index in [2.05, 4.69) is 20.6 Å². The zero-order valence-electron chi connectivity index (χ0n) is 12.7. The lowest BCUT2D eigenvalue weighted by atomic mass is 10.1. The van der Waals surface area contributed by atoms with Gasteiger partial charge < -0.3 is 16.4 Å². The largest absolute Gasteiger partial charge is 0.384 e. The van der Waals surface area contributed by atoms with E-state index < -0.39 is 5.66 Å². The van der Waals surface area contributed by atoms with Crippen LogP contribution in [0.2, 0.25) is 5.02 Å². The van der Waals surface area contributed by atoms with Crippen LogP contribution in [-0.2, 0) is 5.66 Å². The number of nitrogens with two attached hydrogens (primary N) is 1. The predicted molar refractivity (Wildman–Crippen MR) is 89.3 cm³/mol. The van der Waals surface area contributed by atoms with Gasteiger partial charge in [-0.3, -0.25) is 14.2 Å². The van der Waals surface area contributed by atoms with Crippen LogP contribution in [0.4, 0.5) is 17.3 Å². The molecule has 2 aromatic heterocycles. The van der Waals surface area contributed by atoms with Crippen molar-refractivity contribution in [3.8, 4) is 0 Å². The molecule has 0 saturated heterocycles. The summed E-state index contributed by atoms with van der Waals surface area (Å²) >= 11 is 6.28. The van der Waals surface area contributed by atoms with Crippen molar-refractivity contribution in [1.82, 2.24) is 19.9 Å². The molecule has 4 N–H and O–H groups in total. The van der Waals surface area contributed by atoms with E-state index in [4.69, 9.17) is 17.3 Å². The van der Waals surface area contributed by atoms with Gasteiger partial charge in [0.25, 0.3) is 11.5 Å². The number of nitrogens with one attached hydrogen (secondary N) is 2. The number of pyridine rings is 1. The summed E-state index contributed by atoms with van der Waals surface area (Å²) in [6, 6.07) is 2.96. The fraction of sp³-hybridized carbons (Fsp3) is 0.333. The first-order valence-electron chi connectivity index (χ1n) is 7.63. The third kappa shape index (κ3) is 2.14. The van der Waals surface area contributed by atoms with Crippen molar-refractivity contribution in [3.05, 3.63) is 39.5 Å². The molecule has 8 nitrogen and oxygen atoms in total. The maximum Gasteiger partial charge on any atom is 0.276 e. The van der Waals surface area contributed by atoms with E-state index in [0.29, 0.717) is 18.7 Å². The van der Waals surface area contributed by atoms with E-state index in [1.165, 1.54) is 23.0 Å². The molecule has 0 bridgehead atoms. The highest BCUT2D eigenvalue weighted by Crippen LogP contribution is 2.39. The van der Waals surface area contributed by atoms with Gasteiger partial charge in [-0.05, 0) is 31.7 Å². The Kier molecular flexibility index (Phi) is 3.24. The molecule has 1 spiro atoms. The molecular formula is C15H15ClN6O2. The van der Waals surface area contributed by atoms with Crippen LogP contribution in [0.3, 0.4) is 0 Å². The molecule has 1 fully saturated rings. The van der Waals surface area contributed by atoms with E-state index >= 15 is 0 Å². The van der Waals surface area contributed by atoms with Crippen molar-refractivity contribution in [2.75, 3.05) is 11.1 Å².